The van der Waals surface area contributed by atoms with E-state index in [1.807, 2.05) is 0 Å². The van der Waals surface area contributed by atoms with Gasteiger partial charge in [-0.3, -0.25) is 4.21 Å². The van der Waals surface area contributed by atoms with E-state index < -0.39 is 17.0 Å². The van der Waals surface area contributed by atoms with Crippen molar-refractivity contribution in [3.05, 3.63) is 29.3 Å². The van der Waals surface area contributed by atoms with Crippen molar-refractivity contribution < 1.29 is 47.9 Å². The molecule has 0 aliphatic rings. The summed E-state index contributed by atoms with van der Waals surface area (Å²) in [7, 11) is 0. The van der Waals surface area contributed by atoms with Crippen molar-refractivity contribution in [2.75, 3.05) is 6.61 Å². The summed E-state index contributed by atoms with van der Waals surface area (Å²) in [6, 6.07) is 4.34. The molecule has 0 aliphatic heterocycles. The number of aryl methyl sites for hydroxylation is 1. The maximum Gasteiger partial charge on any atom is 1.00 e. The standard InChI is InChI=1S/C10H12O4S.Na/c1-3-14-10(11)9-6-8(15(12)13)5-4-7(9)2;/h4-6H,3H2,1-2H3,(H,12,13);/q;+1/p-1. The summed E-state index contributed by atoms with van der Waals surface area (Å²) in [5.41, 5.74) is 0.987. The predicted octanol–water partition coefficient (Wildman–Crippen LogP) is -1.59. The molecular formula is C10H11NaO4S. The first kappa shape index (κ1) is 15.8. The zero-order valence-electron chi connectivity index (χ0n) is 9.48. The van der Waals surface area contributed by atoms with Crippen LogP contribution in [0.5, 0.6) is 0 Å². The summed E-state index contributed by atoms with van der Waals surface area (Å²) in [6.07, 6.45) is 0. The zero-order valence-corrected chi connectivity index (χ0v) is 12.3. The number of ether oxygens (including phenoxy) is 1. The van der Waals surface area contributed by atoms with Crippen LogP contribution in [0.3, 0.4) is 0 Å². The van der Waals surface area contributed by atoms with E-state index in [4.69, 9.17) is 4.74 Å². The topological polar surface area (TPSA) is 66.4 Å². The van der Waals surface area contributed by atoms with Crippen LogP contribution in [0.4, 0.5) is 0 Å². The van der Waals surface area contributed by atoms with Crippen LogP contribution >= 0.6 is 0 Å². The molecule has 1 atom stereocenters. The molecule has 0 aromatic heterocycles. The van der Waals surface area contributed by atoms with Gasteiger partial charge in [0.1, 0.15) is 0 Å². The molecular weight excluding hydrogens is 239 g/mol. The van der Waals surface area contributed by atoms with Crippen LogP contribution in [0.1, 0.15) is 22.8 Å². The monoisotopic (exact) mass is 250 g/mol. The van der Waals surface area contributed by atoms with Crippen molar-refractivity contribution in [1.29, 1.82) is 0 Å². The van der Waals surface area contributed by atoms with Gasteiger partial charge < -0.3 is 9.29 Å². The predicted molar refractivity (Wildman–Crippen MR) is 54.3 cm³/mol. The Morgan fingerprint density at radius 2 is 2.12 bits per heavy atom. The van der Waals surface area contributed by atoms with Gasteiger partial charge in [0.15, 0.2) is 0 Å². The average Bonchev–Trinajstić information content (AvgIpc) is 2.18. The number of benzene rings is 1. The number of carbonyl (C=O) groups excluding carboxylic acids is 1. The minimum Gasteiger partial charge on any atom is -0.768 e. The average molecular weight is 250 g/mol. The molecule has 0 saturated carbocycles. The van der Waals surface area contributed by atoms with Crippen LogP contribution < -0.4 is 29.6 Å². The Morgan fingerprint density at radius 1 is 1.50 bits per heavy atom. The fourth-order valence-corrected chi connectivity index (χ4v) is 1.53. The Hall–Kier alpha value is -0.200. The van der Waals surface area contributed by atoms with Crippen molar-refractivity contribution in [2.45, 2.75) is 18.7 Å². The second kappa shape index (κ2) is 7.19. The molecule has 6 heteroatoms. The molecule has 0 heterocycles. The van der Waals surface area contributed by atoms with Crippen LogP contribution in [0.2, 0.25) is 0 Å². The van der Waals surface area contributed by atoms with Gasteiger partial charge in [-0.2, -0.15) is 0 Å². The normalized spacial score (nSPS) is 11.4. The number of hydrogen-bond donors (Lipinski definition) is 0. The smallest absolute Gasteiger partial charge is 0.768 e. The molecule has 1 aromatic rings. The van der Waals surface area contributed by atoms with Crippen LogP contribution in [-0.2, 0) is 15.8 Å². The van der Waals surface area contributed by atoms with Crippen LogP contribution in [0.25, 0.3) is 0 Å². The molecule has 1 rings (SSSR count). The molecule has 0 saturated heterocycles. The zero-order chi connectivity index (χ0) is 11.4. The van der Waals surface area contributed by atoms with Gasteiger partial charge in [-0.25, -0.2) is 4.79 Å². The van der Waals surface area contributed by atoms with Gasteiger partial charge in [0.25, 0.3) is 0 Å². The van der Waals surface area contributed by atoms with E-state index in [1.165, 1.54) is 12.1 Å². The van der Waals surface area contributed by atoms with Crippen LogP contribution in [0.15, 0.2) is 23.1 Å². The third-order valence-corrected chi connectivity index (χ3v) is 2.54. The van der Waals surface area contributed by atoms with Gasteiger partial charge in [-0.15, -0.1) is 0 Å². The molecule has 82 valence electrons. The van der Waals surface area contributed by atoms with Crippen molar-refractivity contribution in [1.82, 2.24) is 0 Å². The van der Waals surface area contributed by atoms with Crippen LogP contribution in [-0.4, -0.2) is 21.3 Å². The van der Waals surface area contributed by atoms with E-state index in [-0.39, 0.29) is 41.1 Å². The molecule has 1 unspecified atom stereocenters. The summed E-state index contributed by atoms with van der Waals surface area (Å²) in [5.74, 6) is -0.498. The quantitative estimate of drug-likeness (QED) is 0.369. The van der Waals surface area contributed by atoms with Gasteiger partial charge in [-0.05, 0) is 42.6 Å². The molecule has 0 fully saturated rings. The Kier molecular flexibility index (Phi) is 7.10. The molecule has 0 bridgehead atoms. The van der Waals surface area contributed by atoms with Crippen LogP contribution in [0, 0.1) is 6.92 Å². The Labute approximate surface area is 119 Å². The maximum atomic E-state index is 11.4. The molecule has 1 aromatic carbocycles. The van der Waals surface area contributed by atoms with Gasteiger partial charge in [0.05, 0.1) is 12.2 Å². The first-order valence-corrected chi connectivity index (χ1v) is 5.50. The second-order valence-electron chi connectivity index (χ2n) is 2.93. The Balaban J connectivity index is 0.00000225. The van der Waals surface area contributed by atoms with Gasteiger partial charge in [-0.1, -0.05) is 6.07 Å². The van der Waals surface area contributed by atoms with Gasteiger partial charge >= 0.3 is 35.5 Å². The Morgan fingerprint density at radius 3 is 2.62 bits per heavy atom. The third-order valence-electron chi connectivity index (χ3n) is 1.90. The van der Waals surface area contributed by atoms with E-state index in [1.54, 1.807) is 19.9 Å². The summed E-state index contributed by atoms with van der Waals surface area (Å²) < 4.78 is 26.2. The molecule has 0 N–H and O–H groups in total. The molecule has 0 radical (unpaired) electrons. The van der Waals surface area contributed by atoms with Crippen molar-refractivity contribution >= 4 is 17.0 Å². The SMILES string of the molecule is CCOC(=O)c1cc(S(=O)[O-])ccc1C.[Na+]. The fraction of sp³-hybridized carbons (Fsp3) is 0.300. The summed E-state index contributed by atoms with van der Waals surface area (Å²) in [5, 5.41) is 0. The van der Waals surface area contributed by atoms with Crippen molar-refractivity contribution in [3.63, 3.8) is 0 Å². The first-order valence-electron chi connectivity index (χ1n) is 4.43. The second-order valence-corrected chi connectivity index (χ2v) is 3.87. The van der Waals surface area contributed by atoms with E-state index in [9.17, 15) is 13.6 Å². The third kappa shape index (κ3) is 3.99. The molecule has 0 aliphatic carbocycles. The van der Waals surface area contributed by atoms with Gasteiger partial charge in [0, 0.05) is 4.90 Å². The summed E-state index contributed by atoms with van der Waals surface area (Å²) in [4.78, 5) is 11.5. The van der Waals surface area contributed by atoms with E-state index >= 15 is 0 Å². The van der Waals surface area contributed by atoms with E-state index in [0.29, 0.717) is 11.1 Å². The minimum atomic E-state index is -2.33. The first-order chi connectivity index (χ1) is 7.06. The molecule has 0 amide bonds. The largest absolute Gasteiger partial charge is 1.00 e. The molecule has 0 spiro atoms. The molecule has 16 heavy (non-hydrogen) atoms. The van der Waals surface area contributed by atoms with E-state index in [2.05, 4.69) is 0 Å². The van der Waals surface area contributed by atoms with E-state index in [0.717, 1.165) is 0 Å². The fourth-order valence-electron chi connectivity index (χ4n) is 1.13. The number of rotatable bonds is 3. The minimum absolute atomic E-state index is 0. The number of esters is 1. The molecule has 4 nitrogen and oxygen atoms in total. The summed E-state index contributed by atoms with van der Waals surface area (Å²) >= 11 is -2.33. The van der Waals surface area contributed by atoms with Crippen molar-refractivity contribution in [2.24, 2.45) is 0 Å². The van der Waals surface area contributed by atoms with Gasteiger partial charge in [0.2, 0.25) is 0 Å². The maximum absolute atomic E-state index is 11.4. The number of carbonyl (C=O) groups is 1. The number of hydrogen-bond acceptors (Lipinski definition) is 4. The van der Waals surface area contributed by atoms with Crippen molar-refractivity contribution in [3.8, 4) is 0 Å². The summed E-state index contributed by atoms with van der Waals surface area (Å²) in [6.45, 7) is 3.69. The Bertz CT molecular complexity index is 406.